The number of carboxylic acid groups (broad SMARTS) is 1. The molecule has 0 saturated heterocycles. The first-order valence-electron chi connectivity index (χ1n) is 5.84. The Hall–Kier alpha value is -2.71. The highest BCUT2D eigenvalue weighted by atomic mass is 16.6. The standard InChI is InChI=1S/C11H14N4O5/c1-2-12-10(16)3-4-13-9-5-7(11(17)18)8(6-14-9)15(19)20/h5-6H,2-4H2,1H3,(H,12,16)(H,13,14)(H,17,18). The van der Waals surface area contributed by atoms with E-state index >= 15 is 0 Å². The van der Waals surface area contributed by atoms with Crippen LogP contribution in [0.1, 0.15) is 23.7 Å². The largest absolute Gasteiger partial charge is 0.477 e. The molecule has 0 aliphatic heterocycles. The molecule has 0 spiro atoms. The molecule has 3 N–H and O–H groups in total. The van der Waals surface area contributed by atoms with Crippen LogP contribution in [0, 0.1) is 10.1 Å². The highest BCUT2D eigenvalue weighted by Gasteiger charge is 2.20. The van der Waals surface area contributed by atoms with E-state index in [2.05, 4.69) is 15.6 Å². The summed E-state index contributed by atoms with van der Waals surface area (Å²) >= 11 is 0. The molecule has 108 valence electrons. The lowest BCUT2D eigenvalue weighted by atomic mass is 10.2. The van der Waals surface area contributed by atoms with Crippen molar-refractivity contribution in [1.82, 2.24) is 10.3 Å². The van der Waals surface area contributed by atoms with Crippen LogP contribution in [0.15, 0.2) is 12.3 Å². The third-order valence-electron chi connectivity index (χ3n) is 2.34. The lowest BCUT2D eigenvalue weighted by molar-refractivity contribution is -0.385. The summed E-state index contributed by atoms with van der Waals surface area (Å²) in [7, 11) is 0. The first-order chi connectivity index (χ1) is 9.45. The van der Waals surface area contributed by atoms with E-state index in [1.54, 1.807) is 6.92 Å². The van der Waals surface area contributed by atoms with Crippen molar-refractivity contribution >= 4 is 23.4 Å². The molecule has 1 heterocycles. The SMILES string of the molecule is CCNC(=O)CCNc1cc(C(=O)O)c([N+](=O)[O-])cn1. The maximum absolute atomic E-state index is 11.2. The predicted octanol–water partition coefficient (Wildman–Crippen LogP) is 0.626. The van der Waals surface area contributed by atoms with Crippen molar-refractivity contribution in [3.8, 4) is 0 Å². The summed E-state index contributed by atoms with van der Waals surface area (Å²) < 4.78 is 0. The third kappa shape index (κ3) is 4.19. The van der Waals surface area contributed by atoms with Crippen LogP contribution >= 0.6 is 0 Å². The molecule has 0 bridgehead atoms. The van der Waals surface area contributed by atoms with Crippen LogP contribution in [0.4, 0.5) is 11.5 Å². The summed E-state index contributed by atoms with van der Waals surface area (Å²) in [6, 6.07) is 1.07. The smallest absolute Gasteiger partial charge is 0.342 e. The van der Waals surface area contributed by atoms with E-state index in [4.69, 9.17) is 5.11 Å². The summed E-state index contributed by atoms with van der Waals surface area (Å²) in [5.41, 5.74) is -1.03. The fourth-order valence-corrected chi connectivity index (χ4v) is 1.45. The normalized spacial score (nSPS) is 9.85. The van der Waals surface area contributed by atoms with Gasteiger partial charge >= 0.3 is 11.7 Å². The minimum atomic E-state index is -1.41. The quantitative estimate of drug-likeness (QED) is 0.493. The van der Waals surface area contributed by atoms with Gasteiger partial charge in [0.25, 0.3) is 0 Å². The number of aromatic carboxylic acids is 1. The Balaban J connectivity index is 2.73. The van der Waals surface area contributed by atoms with Crippen LogP contribution in [0.25, 0.3) is 0 Å². The molecule has 1 amide bonds. The minimum Gasteiger partial charge on any atom is -0.477 e. The number of amides is 1. The van der Waals surface area contributed by atoms with Crippen molar-refractivity contribution in [2.75, 3.05) is 18.4 Å². The molecule has 1 aromatic heterocycles. The number of carbonyl (C=O) groups excluding carboxylic acids is 1. The van der Waals surface area contributed by atoms with Crippen LogP contribution in [0.5, 0.6) is 0 Å². The molecule has 9 heteroatoms. The molecule has 0 saturated carbocycles. The van der Waals surface area contributed by atoms with Crippen molar-refractivity contribution in [3.05, 3.63) is 27.9 Å². The molecule has 20 heavy (non-hydrogen) atoms. The minimum absolute atomic E-state index is 0.152. The summed E-state index contributed by atoms with van der Waals surface area (Å²) in [5.74, 6) is -1.40. The van der Waals surface area contributed by atoms with Crippen molar-refractivity contribution < 1.29 is 19.6 Å². The molecule has 0 atom stereocenters. The van der Waals surface area contributed by atoms with Crippen LogP contribution < -0.4 is 10.6 Å². The number of hydrogen-bond donors (Lipinski definition) is 3. The topological polar surface area (TPSA) is 134 Å². The number of nitrogens with zero attached hydrogens (tertiary/aromatic N) is 2. The molecular formula is C11H14N4O5. The van der Waals surface area contributed by atoms with E-state index < -0.39 is 22.1 Å². The predicted molar refractivity (Wildman–Crippen MR) is 69.6 cm³/mol. The van der Waals surface area contributed by atoms with Gasteiger partial charge in [-0.25, -0.2) is 9.78 Å². The molecule has 0 aromatic carbocycles. The number of carbonyl (C=O) groups is 2. The summed E-state index contributed by atoms with van der Waals surface area (Å²) in [6.07, 6.45) is 1.06. The average Bonchev–Trinajstić information content (AvgIpc) is 2.38. The number of aromatic nitrogens is 1. The highest BCUT2D eigenvalue weighted by molar-refractivity contribution is 5.93. The van der Waals surface area contributed by atoms with Crippen molar-refractivity contribution in [3.63, 3.8) is 0 Å². The van der Waals surface area contributed by atoms with E-state index in [1.807, 2.05) is 0 Å². The van der Waals surface area contributed by atoms with Gasteiger partial charge in [-0.2, -0.15) is 0 Å². The lowest BCUT2D eigenvalue weighted by Crippen LogP contribution is -2.24. The molecule has 1 rings (SSSR count). The molecule has 0 fully saturated rings. The van der Waals surface area contributed by atoms with Gasteiger partial charge in [0, 0.05) is 25.6 Å². The number of anilines is 1. The average molecular weight is 282 g/mol. The molecular weight excluding hydrogens is 268 g/mol. The Kier molecular flexibility index (Phi) is 5.39. The first kappa shape index (κ1) is 15.3. The second kappa shape index (κ2) is 7.02. The van der Waals surface area contributed by atoms with E-state index in [0.717, 1.165) is 12.3 Å². The zero-order chi connectivity index (χ0) is 15.1. The fraction of sp³-hybridized carbons (Fsp3) is 0.364. The van der Waals surface area contributed by atoms with Gasteiger partial charge in [-0.1, -0.05) is 0 Å². The van der Waals surface area contributed by atoms with E-state index in [1.165, 1.54) is 0 Å². The van der Waals surface area contributed by atoms with E-state index in [-0.39, 0.29) is 24.7 Å². The molecule has 1 aromatic rings. The Morgan fingerprint density at radius 1 is 1.50 bits per heavy atom. The number of carboxylic acids is 1. The van der Waals surface area contributed by atoms with Crippen molar-refractivity contribution in [2.45, 2.75) is 13.3 Å². The molecule has 0 aliphatic carbocycles. The van der Waals surface area contributed by atoms with Gasteiger partial charge in [-0.15, -0.1) is 0 Å². The van der Waals surface area contributed by atoms with Crippen molar-refractivity contribution in [2.24, 2.45) is 0 Å². The highest BCUT2D eigenvalue weighted by Crippen LogP contribution is 2.20. The Labute approximate surface area is 114 Å². The Morgan fingerprint density at radius 3 is 2.75 bits per heavy atom. The van der Waals surface area contributed by atoms with Crippen LogP contribution in [-0.2, 0) is 4.79 Å². The zero-order valence-electron chi connectivity index (χ0n) is 10.8. The number of pyridine rings is 1. The second-order valence-corrected chi connectivity index (χ2v) is 3.78. The van der Waals surface area contributed by atoms with Gasteiger partial charge in [0.2, 0.25) is 5.91 Å². The second-order valence-electron chi connectivity index (χ2n) is 3.78. The van der Waals surface area contributed by atoms with Crippen LogP contribution in [0.2, 0.25) is 0 Å². The number of hydrogen-bond acceptors (Lipinski definition) is 6. The molecule has 0 radical (unpaired) electrons. The maximum atomic E-state index is 11.2. The molecule has 0 aliphatic rings. The zero-order valence-corrected chi connectivity index (χ0v) is 10.8. The summed E-state index contributed by atoms with van der Waals surface area (Å²) in [6.45, 7) is 2.57. The Morgan fingerprint density at radius 2 is 2.20 bits per heavy atom. The first-order valence-corrected chi connectivity index (χ1v) is 5.84. The van der Waals surface area contributed by atoms with Gasteiger partial charge < -0.3 is 15.7 Å². The molecule has 0 unspecified atom stereocenters. The van der Waals surface area contributed by atoms with Crippen LogP contribution in [-0.4, -0.2) is 40.0 Å². The number of rotatable bonds is 7. The number of nitrogens with one attached hydrogen (secondary N) is 2. The summed E-state index contributed by atoms with van der Waals surface area (Å²) in [4.78, 5) is 35.7. The monoisotopic (exact) mass is 282 g/mol. The molecule has 9 nitrogen and oxygen atoms in total. The third-order valence-corrected chi connectivity index (χ3v) is 2.34. The maximum Gasteiger partial charge on any atom is 0.342 e. The van der Waals surface area contributed by atoms with Crippen molar-refractivity contribution in [1.29, 1.82) is 0 Å². The van der Waals surface area contributed by atoms with Gasteiger partial charge in [0.05, 0.1) is 4.92 Å². The van der Waals surface area contributed by atoms with Gasteiger partial charge in [-0.05, 0) is 6.92 Å². The lowest BCUT2D eigenvalue weighted by Gasteiger charge is -2.06. The summed E-state index contributed by atoms with van der Waals surface area (Å²) in [5, 5.41) is 24.9. The van der Waals surface area contributed by atoms with Gasteiger partial charge in [-0.3, -0.25) is 14.9 Å². The van der Waals surface area contributed by atoms with Crippen LogP contribution in [0.3, 0.4) is 0 Å². The Bertz CT molecular complexity index is 532. The van der Waals surface area contributed by atoms with Gasteiger partial charge in [0.1, 0.15) is 17.6 Å². The van der Waals surface area contributed by atoms with E-state index in [9.17, 15) is 19.7 Å². The van der Waals surface area contributed by atoms with Gasteiger partial charge in [0.15, 0.2) is 0 Å². The van der Waals surface area contributed by atoms with E-state index in [0.29, 0.717) is 6.54 Å². The fourth-order valence-electron chi connectivity index (χ4n) is 1.45. The number of nitro groups is 1.